The molecular weight excluding hydrogens is 557 g/mol. The van der Waals surface area contributed by atoms with Crippen LogP contribution in [0.5, 0.6) is 0 Å². The maximum atomic E-state index is 12.4. The van der Waals surface area contributed by atoms with Gasteiger partial charge >= 0.3 is 19.8 Å². The minimum Gasteiger partial charge on any atom is -0.462 e. The van der Waals surface area contributed by atoms with Gasteiger partial charge in [0.05, 0.1) is 27.7 Å². The fourth-order valence-corrected chi connectivity index (χ4v) is 5.17. The SMILES string of the molecule is CCCCCCCCCCCCCCC(=O)OCC(COP(=O)(O)OCC[N+](C)(C)C)OC(=O)CCCCCCCC. The molecule has 0 fully saturated rings. The second-order valence-electron chi connectivity index (χ2n) is 12.6. The van der Waals surface area contributed by atoms with Gasteiger partial charge in [0.1, 0.15) is 19.8 Å². The quantitative estimate of drug-likeness (QED) is 0.0370. The summed E-state index contributed by atoms with van der Waals surface area (Å²) in [6.45, 7) is 4.33. The van der Waals surface area contributed by atoms with Crippen molar-refractivity contribution < 1.29 is 42.1 Å². The van der Waals surface area contributed by atoms with Crippen LogP contribution in [0.15, 0.2) is 0 Å². The fourth-order valence-electron chi connectivity index (χ4n) is 4.42. The van der Waals surface area contributed by atoms with E-state index in [1.807, 2.05) is 21.1 Å². The zero-order valence-electron chi connectivity index (χ0n) is 27.7. The van der Waals surface area contributed by atoms with Crippen LogP contribution in [0, 0.1) is 0 Å². The van der Waals surface area contributed by atoms with Crippen molar-refractivity contribution in [1.29, 1.82) is 0 Å². The van der Waals surface area contributed by atoms with Gasteiger partial charge in [0.2, 0.25) is 0 Å². The Kier molecular flexibility index (Phi) is 25.8. The predicted molar refractivity (Wildman–Crippen MR) is 169 cm³/mol. The largest absolute Gasteiger partial charge is 0.472 e. The molecule has 0 aliphatic carbocycles. The third kappa shape index (κ3) is 29.1. The number of likely N-dealkylation sites (N-methyl/N-ethyl adjacent to an activating group) is 1. The number of esters is 2. The first-order valence-electron chi connectivity index (χ1n) is 16.8. The molecule has 0 aliphatic heterocycles. The third-order valence-electron chi connectivity index (χ3n) is 7.14. The molecule has 0 aromatic heterocycles. The summed E-state index contributed by atoms with van der Waals surface area (Å²) in [4.78, 5) is 34.8. The van der Waals surface area contributed by atoms with Crippen LogP contribution in [0.4, 0.5) is 0 Å². The number of rotatable bonds is 30. The van der Waals surface area contributed by atoms with Gasteiger partial charge in [-0.1, -0.05) is 117 Å². The molecule has 1 N–H and O–H groups in total. The number of hydrogen-bond acceptors (Lipinski definition) is 7. The molecule has 0 amide bonds. The van der Waals surface area contributed by atoms with Crippen LogP contribution in [0.1, 0.15) is 142 Å². The molecule has 9 nitrogen and oxygen atoms in total. The number of ether oxygens (including phenoxy) is 2. The van der Waals surface area contributed by atoms with E-state index in [9.17, 15) is 19.0 Å². The Balaban J connectivity index is 4.41. The van der Waals surface area contributed by atoms with Crippen LogP contribution in [-0.4, -0.2) is 74.9 Å². The minimum atomic E-state index is -4.34. The van der Waals surface area contributed by atoms with Crippen molar-refractivity contribution in [2.75, 3.05) is 47.5 Å². The van der Waals surface area contributed by atoms with Crippen LogP contribution in [0.2, 0.25) is 0 Å². The number of hydrogen-bond donors (Lipinski definition) is 1. The molecule has 0 spiro atoms. The van der Waals surface area contributed by atoms with E-state index in [1.165, 1.54) is 64.2 Å². The monoisotopic (exact) mass is 622 g/mol. The second-order valence-corrected chi connectivity index (χ2v) is 14.0. The van der Waals surface area contributed by atoms with Gasteiger partial charge in [-0.15, -0.1) is 0 Å². The number of quaternary nitrogens is 1. The molecule has 0 aromatic carbocycles. The third-order valence-corrected chi connectivity index (χ3v) is 8.12. The van der Waals surface area contributed by atoms with Crippen molar-refractivity contribution >= 4 is 19.8 Å². The highest BCUT2D eigenvalue weighted by molar-refractivity contribution is 7.47. The van der Waals surface area contributed by atoms with Crippen molar-refractivity contribution in [3.63, 3.8) is 0 Å². The van der Waals surface area contributed by atoms with Crippen molar-refractivity contribution in [2.45, 2.75) is 148 Å². The lowest BCUT2D eigenvalue weighted by Gasteiger charge is -2.24. The van der Waals surface area contributed by atoms with Crippen LogP contribution in [0.25, 0.3) is 0 Å². The van der Waals surface area contributed by atoms with Crippen molar-refractivity contribution in [2.24, 2.45) is 0 Å². The van der Waals surface area contributed by atoms with Gasteiger partial charge in [0.25, 0.3) is 0 Å². The summed E-state index contributed by atoms with van der Waals surface area (Å²) in [7, 11) is 1.48. The Labute approximate surface area is 257 Å². The molecule has 2 unspecified atom stereocenters. The molecule has 0 bridgehead atoms. The van der Waals surface area contributed by atoms with E-state index in [0.717, 1.165) is 44.9 Å². The first-order valence-corrected chi connectivity index (χ1v) is 18.3. The lowest BCUT2D eigenvalue weighted by atomic mass is 10.0. The Morgan fingerprint density at radius 3 is 1.52 bits per heavy atom. The first-order chi connectivity index (χ1) is 20.0. The zero-order valence-corrected chi connectivity index (χ0v) is 28.6. The fraction of sp³-hybridized carbons (Fsp3) is 0.938. The van der Waals surface area contributed by atoms with Gasteiger partial charge < -0.3 is 18.9 Å². The molecule has 0 saturated heterocycles. The first kappa shape index (κ1) is 41.0. The second kappa shape index (κ2) is 26.4. The zero-order chi connectivity index (χ0) is 31.5. The molecule has 0 saturated carbocycles. The number of carbonyl (C=O) groups is 2. The molecular formula is C32H65NO8P+. The molecule has 0 rings (SSSR count). The van der Waals surface area contributed by atoms with Crippen LogP contribution >= 0.6 is 7.82 Å². The molecule has 0 heterocycles. The van der Waals surface area contributed by atoms with Crippen LogP contribution < -0.4 is 0 Å². The number of unbranched alkanes of at least 4 members (excludes halogenated alkanes) is 16. The number of phosphoric ester groups is 1. The predicted octanol–water partition coefficient (Wildman–Crippen LogP) is 8.12. The Morgan fingerprint density at radius 2 is 1.07 bits per heavy atom. The topological polar surface area (TPSA) is 108 Å². The van der Waals surface area contributed by atoms with E-state index in [0.29, 0.717) is 23.9 Å². The highest BCUT2D eigenvalue weighted by Crippen LogP contribution is 2.43. The maximum absolute atomic E-state index is 12.4. The van der Waals surface area contributed by atoms with Gasteiger partial charge in [-0.05, 0) is 12.8 Å². The van der Waals surface area contributed by atoms with E-state index in [4.69, 9.17) is 18.5 Å². The van der Waals surface area contributed by atoms with Crippen molar-refractivity contribution in [3.8, 4) is 0 Å². The average Bonchev–Trinajstić information content (AvgIpc) is 2.92. The van der Waals surface area contributed by atoms with Crippen LogP contribution in [0.3, 0.4) is 0 Å². The van der Waals surface area contributed by atoms with Crippen LogP contribution in [-0.2, 0) is 32.7 Å². The van der Waals surface area contributed by atoms with Gasteiger partial charge in [0.15, 0.2) is 6.10 Å². The summed E-state index contributed by atoms with van der Waals surface area (Å²) in [6, 6.07) is 0. The maximum Gasteiger partial charge on any atom is 0.472 e. The summed E-state index contributed by atoms with van der Waals surface area (Å²) >= 11 is 0. The molecule has 10 heteroatoms. The Morgan fingerprint density at radius 1 is 0.643 bits per heavy atom. The molecule has 0 radical (unpaired) electrons. The summed E-state index contributed by atoms with van der Waals surface area (Å²) in [6.07, 6.45) is 20.3. The van der Waals surface area contributed by atoms with Gasteiger partial charge in [-0.3, -0.25) is 18.6 Å². The number of phosphoric acid groups is 1. The van der Waals surface area contributed by atoms with E-state index in [1.54, 1.807) is 0 Å². The smallest absolute Gasteiger partial charge is 0.462 e. The summed E-state index contributed by atoms with van der Waals surface area (Å²) < 4.78 is 33.9. The highest BCUT2D eigenvalue weighted by atomic mass is 31.2. The van der Waals surface area contributed by atoms with Gasteiger partial charge in [-0.2, -0.15) is 0 Å². The van der Waals surface area contributed by atoms with E-state index < -0.39 is 26.5 Å². The van der Waals surface area contributed by atoms with E-state index in [2.05, 4.69) is 13.8 Å². The summed E-state index contributed by atoms with van der Waals surface area (Å²) in [5.74, 6) is -0.805. The Hall–Kier alpha value is -0.990. The van der Waals surface area contributed by atoms with E-state index in [-0.39, 0.29) is 25.6 Å². The standard InChI is InChI=1S/C32H64NO8P/c1-6-8-10-12-14-15-16-17-18-19-21-22-24-31(34)38-28-30(41-32(35)25-23-20-13-11-9-7-2)29-40-42(36,37)39-27-26-33(3,4)5/h30H,6-29H2,1-5H3/p+1. The molecule has 0 aromatic rings. The lowest BCUT2D eigenvalue weighted by molar-refractivity contribution is -0.870. The molecule has 250 valence electrons. The summed E-state index contributed by atoms with van der Waals surface area (Å²) in [5, 5.41) is 0. The lowest BCUT2D eigenvalue weighted by Crippen LogP contribution is -2.37. The minimum absolute atomic E-state index is 0.0355. The highest BCUT2D eigenvalue weighted by Gasteiger charge is 2.27. The molecule has 2 atom stereocenters. The van der Waals surface area contributed by atoms with Gasteiger partial charge in [-0.25, -0.2) is 4.57 Å². The molecule has 0 aliphatic rings. The van der Waals surface area contributed by atoms with Crippen molar-refractivity contribution in [1.82, 2.24) is 0 Å². The molecule has 42 heavy (non-hydrogen) atoms. The summed E-state index contributed by atoms with van der Waals surface area (Å²) in [5.41, 5.74) is 0. The van der Waals surface area contributed by atoms with Crippen molar-refractivity contribution in [3.05, 3.63) is 0 Å². The normalized spacial score (nSPS) is 14.0. The number of nitrogens with zero attached hydrogens (tertiary/aromatic N) is 1. The Bertz CT molecular complexity index is 713. The average molecular weight is 623 g/mol. The van der Waals surface area contributed by atoms with E-state index >= 15 is 0 Å². The van der Waals surface area contributed by atoms with Gasteiger partial charge in [0, 0.05) is 12.8 Å². The number of carbonyl (C=O) groups excluding carboxylic acids is 2.